The molecule has 0 radical (unpaired) electrons. The van der Waals surface area contributed by atoms with Gasteiger partial charge in [0.15, 0.2) is 0 Å². The zero-order chi connectivity index (χ0) is 14.1. The summed E-state index contributed by atoms with van der Waals surface area (Å²) in [6.45, 7) is 4.62. The van der Waals surface area contributed by atoms with Crippen molar-refractivity contribution in [2.24, 2.45) is 0 Å². The van der Waals surface area contributed by atoms with Crippen LogP contribution in [0.5, 0.6) is 0 Å². The molecular formula is C17H29Cl2N. The van der Waals surface area contributed by atoms with Gasteiger partial charge in [-0.25, -0.2) is 0 Å². The molecule has 0 aliphatic carbocycles. The lowest BCUT2D eigenvalue weighted by Crippen LogP contribution is -3.00. The van der Waals surface area contributed by atoms with Gasteiger partial charge in [0, 0.05) is 10.6 Å². The topological polar surface area (TPSA) is 0 Å². The molecule has 0 aliphatic heterocycles. The zero-order valence-electron chi connectivity index (χ0n) is 13.2. The summed E-state index contributed by atoms with van der Waals surface area (Å²) in [6, 6.07) is 8.26. The molecule has 3 heteroatoms. The molecule has 0 aliphatic rings. The molecule has 20 heavy (non-hydrogen) atoms. The van der Waals surface area contributed by atoms with Crippen LogP contribution in [0.3, 0.4) is 0 Å². The van der Waals surface area contributed by atoms with E-state index in [0.29, 0.717) is 0 Å². The first-order chi connectivity index (χ1) is 9.03. The molecule has 1 rings (SSSR count). The summed E-state index contributed by atoms with van der Waals surface area (Å²) in [4.78, 5) is 0. The van der Waals surface area contributed by atoms with E-state index in [-0.39, 0.29) is 12.4 Å². The van der Waals surface area contributed by atoms with Crippen molar-refractivity contribution in [1.29, 1.82) is 0 Å². The van der Waals surface area contributed by atoms with E-state index in [9.17, 15) is 0 Å². The molecule has 0 saturated heterocycles. The van der Waals surface area contributed by atoms with Crippen molar-refractivity contribution in [2.45, 2.75) is 52.0 Å². The number of benzene rings is 1. The minimum absolute atomic E-state index is 0. The van der Waals surface area contributed by atoms with Gasteiger partial charge >= 0.3 is 0 Å². The van der Waals surface area contributed by atoms with Gasteiger partial charge in [0.2, 0.25) is 0 Å². The van der Waals surface area contributed by atoms with E-state index >= 15 is 0 Å². The Hall–Kier alpha value is -0.240. The van der Waals surface area contributed by atoms with Gasteiger partial charge in [-0.3, -0.25) is 0 Å². The lowest BCUT2D eigenvalue weighted by atomic mass is 10.1. The molecule has 0 N–H and O–H groups in total. The van der Waals surface area contributed by atoms with E-state index in [1.807, 2.05) is 12.1 Å². The minimum atomic E-state index is 0. The summed E-state index contributed by atoms with van der Waals surface area (Å²) in [5.74, 6) is 0. The summed E-state index contributed by atoms with van der Waals surface area (Å²) in [7, 11) is 4.64. The van der Waals surface area contributed by atoms with Gasteiger partial charge < -0.3 is 16.9 Å². The Morgan fingerprint density at radius 1 is 0.900 bits per heavy atom. The smallest absolute Gasteiger partial charge is 0.104 e. The van der Waals surface area contributed by atoms with Crippen LogP contribution in [-0.2, 0) is 6.54 Å². The number of hydrogen-bond donors (Lipinski definition) is 0. The number of nitrogens with zero attached hydrogens (tertiary/aromatic N) is 1. The zero-order valence-corrected chi connectivity index (χ0v) is 14.7. The maximum Gasteiger partial charge on any atom is 0.104 e. The Morgan fingerprint density at radius 2 is 1.45 bits per heavy atom. The molecule has 1 nitrogen and oxygen atoms in total. The fourth-order valence-electron chi connectivity index (χ4n) is 2.48. The quantitative estimate of drug-likeness (QED) is 0.484. The largest absolute Gasteiger partial charge is 1.00 e. The molecule has 0 amide bonds. The predicted octanol–water partition coefficient (Wildman–Crippen LogP) is 2.28. The third kappa shape index (κ3) is 8.84. The third-order valence-electron chi connectivity index (χ3n) is 3.64. The summed E-state index contributed by atoms with van der Waals surface area (Å²) in [6.07, 6.45) is 8.24. The molecule has 0 saturated carbocycles. The van der Waals surface area contributed by atoms with Crippen molar-refractivity contribution in [2.75, 3.05) is 20.6 Å². The molecule has 0 unspecified atom stereocenters. The van der Waals surface area contributed by atoms with Crippen LogP contribution in [0, 0.1) is 0 Å². The standard InChI is InChI=1S/C17H29ClN.ClH/c1-4-5-6-7-8-9-14-19(2,3)15-16-10-12-17(18)13-11-16;/h10-13H,4-9,14-15H2,1-3H3;1H/q+1;/p-1. The predicted molar refractivity (Wildman–Crippen MR) is 85.5 cm³/mol. The van der Waals surface area contributed by atoms with Crippen LogP contribution >= 0.6 is 11.6 Å². The highest BCUT2D eigenvalue weighted by atomic mass is 35.5. The molecule has 1 aromatic carbocycles. The van der Waals surface area contributed by atoms with E-state index in [4.69, 9.17) is 11.6 Å². The van der Waals surface area contributed by atoms with Gasteiger partial charge in [0.05, 0.1) is 20.6 Å². The first-order valence-corrected chi connectivity index (χ1v) is 7.98. The number of rotatable bonds is 9. The number of hydrogen-bond acceptors (Lipinski definition) is 0. The third-order valence-corrected chi connectivity index (χ3v) is 3.89. The average molecular weight is 318 g/mol. The van der Waals surface area contributed by atoms with Crippen molar-refractivity contribution in [1.82, 2.24) is 0 Å². The molecular weight excluding hydrogens is 289 g/mol. The molecule has 0 atom stereocenters. The fraction of sp³-hybridized carbons (Fsp3) is 0.647. The van der Waals surface area contributed by atoms with Crippen LogP contribution in [0.15, 0.2) is 24.3 Å². The number of halogens is 2. The monoisotopic (exact) mass is 317 g/mol. The Bertz CT molecular complexity index is 347. The van der Waals surface area contributed by atoms with E-state index < -0.39 is 0 Å². The number of unbranched alkanes of at least 4 members (excludes halogenated alkanes) is 5. The van der Waals surface area contributed by atoms with Gasteiger partial charge in [-0.2, -0.15) is 0 Å². The highest BCUT2D eigenvalue weighted by Crippen LogP contribution is 2.15. The van der Waals surface area contributed by atoms with E-state index in [2.05, 4.69) is 33.2 Å². The maximum absolute atomic E-state index is 5.92. The first kappa shape index (κ1) is 19.8. The fourth-order valence-corrected chi connectivity index (χ4v) is 2.61. The van der Waals surface area contributed by atoms with Crippen LogP contribution in [0.2, 0.25) is 5.02 Å². The van der Waals surface area contributed by atoms with Crippen molar-refractivity contribution in [3.05, 3.63) is 34.9 Å². The molecule has 0 bridgehead atoms. The molecule has 116 valence electrons. The Labute approximate surface area is 136 Å². The molecule has 1 aromatic rings. The molecule has 0 heterocycles. The minimum Gasteiger partial charge on any atom is -1.00 e. The molecule has 0 aromatic heterocycles. The van der Waals surface area contributed by atoms with Crippen LogP contribution in [0.1, 0.15) is 51.0 Å². The average Bonchev–Trinajstić information content (AvgIpc) is 2.36. The van der Waals surface area contributed by atoms with Crippen molar-refractivity contribution >= 4 is 11.6 Å². The lowest BCUT2D eigenvalue weighted by Gasteiger charge is -2.30. The molecule has 0 fully saturated rings. The highest BCUT2D eigenvalue weighted by Gasteiger charge is 2.15. The Kier molecular flexibility index (Phi) is 10.4. The summed E-state index contributed by atoms with van der Waals surface area (Å²) < 4.78 is 1.06. The van der Waals surface area contributed by atoms with E-state index in [0.717, 1.165) is 16.1 Å². The van der Waals surface area contributed by atoms with Crippen LogP contribution in [-0.4, -0.2) is 25.1 Å². The summed E-state index contributed by atoms with van der Waals surface area (Å²) in [5.41, 5.74) is 1.38. The van der Waals surface area contributed by atoms with Crippen molar-refractivity contribution in [3.8, 4) is 0 Å². The normalized spacial score (nSPS) is 11.2. The van der Waals surface area contributed by atoms with E-state index in [1.165, 1.54) is 50.6 Å². The number of quaternary nitrogens is 1. The van der Waals surface area contributed by atoms with Crippen LogP contribution in [0.25, 0.3) is 0 Å². The summed E-state index contributed by atoms with van der Waals surface area (Å²) in [5, 5.41) is 0.824. The second-order valence-corrected chi connectivity index (χ2v) is 6.65. The van der Waals surface area contributed by atoms with Gasteiger partial charge in [-0.15, -0.1) is 0 Å². The van der Waals surface area contributed by atoms with Gasteiger partial charge in [-0.1, -0.05) is 56.3 Å². The van der Waals surface area contributed by atoms with Gasteiger partial charge in [-0.05, 0) is 25.0 Å². The first-order valence-electron chi connectivity index (χ1n) is 7.60. The van der Waals surface area contributed by atoms with Crippen molar-refractivity contribution in [3.63, 3.8) is 0 Å². The van der Waals surface area contributed by atoms with Crippen LogP contribution in [0.4, 0.5) is 0 Å². The maximum atomic E-state index is 5.92. The van der Waals surface area contributed by atoms with Crippen LogP contribution < -0.4 is 12.4 Å². The Morgan fingerprint density at radius 3 is 2.05 bits per heavy atom. The Balaban J connectivity index is 0.00000361. The SMILES string of the molecule is CCCCCCCC[N+](C)(C)Cc1ccc(Cl)cc1.[Cl-]. The van der Waals surface area contributed by atoms with E-state index in [1.54, 1.807) is 0 Å². The lowest BCUT2D eigenvalue weighted by molar-refractivity contribution is -0.903. The molecule has 0 spiro atoms. The summed E-state index contributed by atoms with van der Waals surface area (Å²) >= 11 is 5.92. The second kappa shape index (κ2) is 10.5. The highest BCUT2D eigenvalue weighted by molar-refractivity contribution is 6.30. The van der Waals surface area contributed by atoms with Gasteiger partial charge in [0.25, 0.3) is 0 Å². The van der Waals surface area contributed by atoms with Crippen molar-refractivity contribution < 1.29 is 16.9 Å². The van der Waals surface area contributed by atoms with Gasteiger partial charge in [0.1, 0.15) is 6.54 Å². The second-order valence-electron chi connectivity index (χ2n) is 6.21.